The summed E-state index contributed by atoms with van der Waals surface area (Å²) in [7, 11) is 0. The van der Waals surface area contributed by atoms with Gasteiger partial charge < -0.3 is 10.1 Å². The standard InChI is InChI=1S/C18H23N3O2/c1-4-23-16-8-6-5-7-15(16)18(22)20-17-12(2)11-19-21(17)13(3)14-9-10-14/h5-8,11,13-14H,4,9-10H2,1-3H3,(H,20,22)/t13-/m0/s1. The molecular weight excluding hydrogens is 290 g/mol. The van der Waals surface area contributed by atoms with Crippen molar-refractivity contribution in [2.75, 3.05) is 11.9 Å². The van der Waals surface area contributed by atoms with E-state index in [-0.39, 0.29) is 5.91 Å². The molecule has 1 atom stereocenters. The van der Waals surface area contributed by atoms with Crippen LogP contribution in [-0.4, -0.2) is 22.3 Å². The fourth-order valence-corrected chi connectivity index (χ4v) is 2.80. The van der Waals surface area contributed by atoms with E-state index in [1.54, 1.807) is 6.07 Å². The molecule has 1 amide bonds. The minimum Gasteiger partial charge on any atom is -0.493 e. The topological polar surface area (TPSA) is 56.1 Å². The number of amides is 1. The van der Waals surface area contributed by atoms with Crippen LogP contribution in [0.2, 0.25) is 0 Å². The number of nitrogens with zero attached hydrogens (tertiary/aromatic N) is 2. The Labute approximate surface area is 136 Å². The zero-order chi connectivity index (χ0) is 16.4. The third kappa shape index (κ3) is 3.23. The predicted octanol–water partition coefficient (Wildman–Crippen LogP) is 3.81. The highest BCUT2D eigenvalue weighted by atomic mass is 16.5. The van der Waals surface area contributed by atoms with Crippen LogP contribution in [0.1, 0.15) is 48.7 Å². The number of rotatable bonds is 6. The van der Waals surface area contributed by atoms with E-state index in [4.69, 9.17) is 4.74 Å². The molecule has 5 nitrogen and oxygen atoms in total. The Kier molecular flexibility index (Phi) is 4.37. The van der Waals surface area contributed by atoms with Crippen LogP contribution in [0.25, 0.3) is 0 Å². The number of aryl methyl sites for hydroxylation is 1. The van der Waals surface area contributed by atoms with Crippen molar-refractivity contribution < 1.29 is 9.53 Å². The summed E-state index contributed by atoms with van der Waals surface area (Å²) in [5, 5.41) is 7.47. The molecule has 1 N–H and O–H groups in total. The number of carbonyl (C=O) groups excluding carboxylic acids is 1. The maximum atomic E-state index is 12.7. The van der Waals surface area contributed by atoms with Crippen molar-refractivity contribution in [1.82, 2.24) is 9.78 Å². The van der Waals surface area contributed by atoms with Gasteiger partial charge in [-0.15, -0.1) is 0 Å². The van der Waals surface area contributed by atoms with Gasteiger partial charge in [-0.1, -0.05) is 12.1 Å². The number of carbonyl (C=O) groups is 1. The second-order valence-corrected chi connectivity index (χ2v) is 6.08. The van der Waals surface area contributed by atoms with Gasteiger partial charge in [-0.05, 0) is 51.7 Å². The molecule has 0 unspecified atom stereocenters. The molecule has 1 aromatic heterocycles. The van der Waals surface area contributed by atoms with Gasteiger partial charge in [0.05, 0.1) is 24.4 Å². The van der Waals surface area contributed by atoms with Crippen molar-refractivity contribution >= 4 is 11.7 Å². The molecule has 0 radical (unpaired) electrons. The van der Waals surface area contributed by atoms with Gasteiger partial charge in [0.25, 0.3) is 5.91 Å². The number of para-hydroxylation sites is 1. The third-order valence-corrected chi connectivity index (χ3v) is 4.33. The van der Waals surface area contributed by atoms with Gasteiger partial charge in [-0.2, -0.15) is 5.10 Å². The number of anilines is 1. The number of benzene rings is 1. The highest BCUT2D eigenvalue weighted by Crippen LogP contribution is 2.40. The van der Waals surface area contributed by atoms with E-state index in [0.717, 1.165) is 11.4 Å². The second kappa shape index (κ2) is 6.44. The minimum atomic E-state index is -0.165. The number of nitrogens with one attached hydrogen (secondary N) is 1. The lowest BCUT2D eigenvalue weighted by Gasteiger charge is -2.17. The second-order valence-electron chi connectivity index (χ2n) is 6.08. The van der Waals surface area contributed by atoms with Gasteiger partial charge in [0.2, 0.25) is 0 Å². The predicted molar refractivity (Wildman–Crippen MR) is 90.0 cm³/mol. The summed E-state index contributed by atoms with van der Waals surface area (Å²) in [4.78, 5) is 12.7. The Bertz CT molecular complexity index is 704. The maximum Gasteiger partial charge on any atom is 0.260 e. The highest BCUT2D eigenvalue weighted by molar-refractivity contribution is 6.06. The van der Waals surface area contributed by atoms with Gasteiger partial charge in [-0.25, -0.2) is 4.68 Å². The molecule has 1 aromatic carbocycles. The van der Waals surface area contributed by atoms with Gasteiger partial charge in [0.1, 0.15) is 11.6 Å². The van der Waals surface area contributed by atoms with Crippen molar-refractivity contribution in [3.05, 3.63) is 41.6 Å². The van der Waals surface area contributed by atoms with Crippen LogP contribution in [0.5, 0.6) is 5.75 Å². The highest BCUT2D eigenvalue weighted by Gasteiger charge is 2.31. The summed E-state index contributed by atoms with van der Waals surface area (Å²) in [5.74, 6) is 1.88. The minimum absolute atomic E-state index is 0.165. The smallest absolute Gasteiger partial charge is 0.260 e. The Hall–Kier alpha value is -2.30. The van der Waals surface area contributed by atoms with Crippen molar-refractivity contribution in [3.8, 4) is 5.75 Å². The zero-order valence-electron chi connectivity index (χ0n) is 13.9. The fourth-order valence-electron chi connectivity index (χ4n) is 2.80. The largest absolute Gasteiger partial charge is 0.493 e. The number of aromatic nitrogens is 2. The molecule has 1 aliphatic carbocycles. The van der Waals surface area contributed by atoms with E-state index >= 15 is 0 Å². The summed E-state index contributed by atoms with van der Waals surface area (Å²) in [6.07, 6.45) is 4.28. The Morgan fingerprint density at radius 1 is 1.43 bits per heavy atom. The quantitative estimate of drug-likeness (QED) is 0.882. The van der Waals surface area contributed by atoms with E-state index in [9.17, 15) is 4.79 Å². The van der Waals surface area contributed by atoms with Crippen LogP contribution in [0.15, 0.2) is 30.5 Å². The SMILES string of the molecule is CCOc1ccccc1C(=O)Nc1c(C)cnn1[C@@H](C)C1CC1. The van der Waals surface area contributed by atoms with Crippen molar-refractivity contribution in [2.45, 2.75) is 39.7 Å². The normalized spacial score (nSPS) is 15.3. The number of hydrogen-bond donors (Lipinski definition) is 1. The lowest BCUT2D eigenvalue weighted by atomic mass is 10.2. The first-order valence-electron chi connectivity index (χ1n) is 8.19. The van der Waals surface area contributed by atoms with Crippen LogP contribution in [0, 0.1) is 12.8 Å². The monoisotopic (exact) mass is 313 g/mol. The molecule has 1 heterocycles. The van der Waals surface area contributed by atoms with E-state index < -0.39 is 0 Å². The molecule has 0 bridgehead atoms. The Morgan fingerprint density at radius 2 is 2.17 bits per heavy atom. The first kappa shape index (κ1) is 15.6. The van der Waals surface area contributed by atoms with E-state index in [0.29, 0.717) is 29.9 Å². The average molecular weight is 313 g/mol. The molecule has 2 aromatic rings. The molecule has 23 heavy (non-hydrogen) atoms. The Morgan fingerprint density at radius 3 is 2.87 bits per heavy atom. The molecular formula is C18H23N3O2. The summed E-state index contributed by atoms with van der Waals surface area (Å²) in [6.45, 7) is 6.56. The zero-order valence-corrected chi connectivity index (χ0v) is 13.9. The van der Waals surface area contributed by atoms with Gasteiger partial charge in [0, 0.05) is 5.56 Å². The lowest BCUT2D eigenvalue weighted by Crippen LogP contribution is -2.19. The van der Waals surface area contributed by atoms with Crippen LogP contribution in [0.4, 0.5) is 5.82 Å². The van der Waals surface area contributed by atoms with E-state index in [1.165, 1.54) is 12.8 Å². The average Bonchev–Trinajstić information content (AvgIpc) is 3.33. The van der Waals surface area contributed by atoms with E-state index in [1.807, 2.05) is 42.9 Å². The maximum absolute atomic E-state index is 12.7. The summed E-state index contributed by atoms with van der Waals surface area (Å²) >= 11 is 0. The van der Waals surface area contributed by atoms with Crippen LogP contribution < -0.4 is 10.1 Å². The van der Waals surface area contributed by atoms with Gasteiger partial charge in [-0.3, -0.25) is 4.79 Å². The van der Waals surface area contributed by atoms with Crippen molar-refractivity contribution in [2.24, 2.45) is 5.92 Å². The molecule has 122 valence electrons. The summed E-state index contributed by atoms with van der Waals surface area (Å²) in [5.41, 5.74) is 1.51. The summed E-state index contributed by atoms with van der Waals surface area (Å²) < 4.78 is 7.49. The molecule has 3 rings (SSSR count). The molecule has 0 saturated heterocycles. The molecule has 1 fully saturated rings. The van der Waals surface area contributed by atoms with Crippen LogP contribution in [-0.2, 0) is 0 Å². The molecule has 0 aliphatic heterocycles. The molecule has 1 aliphatic rings. The fraction of sp³-hybridized carbons (Fsp3) is 0.444. The van der Waals surface area contributed by atoms with Crippen LogP contribution >= 0.6 is 0 Å². The first-order valence-corrected chi connectivity index (χ1v) is 8.19. The molecule has 1 saturated carbocycles. The summed E-state index contributed by atoms with van der Waals surface area (Å²) in [6, 6.07) is 7.61. The Balaban J connectivity index is 1.85. The number of ether oxygens (including phenoxy) is 1. The van der Waals surface area contributed by atoms with Gasteiger partial charge in [0.15, 0.2) is 0 Å². The van der Waals surface area contributed by atoms with Crippen molar-refractivity contribution in [1.29, 1.82) is 0 Å². The molecule has 0 spiro atoms. The van der Waals surface area contributed by atoms with E-state index in [2.05, 4.69) is 17.3 Å². The van der Waals surface area contributed by atoms with Crippen LogP contribution in [0.3, 0.4) is 0 Å². The molecule has 5 heteroatoms. The third-order valence-electron chi connectivity index (χ3n) is 4.33. The van der Waals surface area contributed by atoms with Crippen molar-refractivity contribution in [3.63, 3.8) is 0 Å². The number of hydrogen-bond acceptors (Lipinski definition) is 3. The first-order chi connectivity index (χ1) is 11.1. The van der Waals surface area contributed by atoms with Gasteiger partial charge >= 0.3 is 0 Å². The lowest BCUT2D eigenvalue weighted by molar-refractivity contribution is 0.102.